The van der Waals surface area contributed by atoms with E-state index in [-0.39, 0.29) is 16.9 Å². The summed E-state index contributed by atoms with van der Waals surface area (Å²) in [5, 5.41) is 2.78. The molecule has 6 heteroatoms. The summed E-state index contributed by atoms with van der Waals surface area (Å²) < 4.78 is 28.5. The number of thioether (sulfide) groups is 1. The van der Waals surface area contributed by atoms with Crippen LogP contribution in [0.1, 0.15) is 16.7 Å². The number of aryl methyl sites for hydroxylation is 1. The van der Waals surface area contributed by atoms with E-state index in [0.29, 0.717) is 6.54 Å². The Labute approximate surface area is 143 Å². The largest absolute Gasteiger partial charge is 0.435 e. The van der Waals surface area contributed by atoms with Crippen LogP contribution in [0.3, 0.4) is 0 Å². The summed E-state index contributed by atoms with van der Waals surface area (Å²) >= 11 is 1.59. The summed E-state index contributed by atoms with van der Waals surface area (Å²) in [4.78, 5) is 13.5. The third-order valence-corrected chi connectivity index (χ3v) is 5.10. The zero-order chi connectivity index (χ0) is 17.1. The maximum atomic E-state index is 12.3. The Balaban J connectivity index is 1.53. The summed E-state index contributed by atoms with van der Waals surface area (Å²) in [5.41, 5.74) is 3.23. The van der Waals surface area contributed by atoms with Gasteiger partial charge >= 0.3 is 6.61 Å². The first-order chi connectivity index (χ1) is 11.5. The van der Waals surface area contributed by atoms with Crippen LogP contribution in [0.2, 0.25) is 0 Å². The van der Waals surface area contributed by atoms with Gasteiger partial charge in [0.2, 0.25) is 5.91 Å². The van der Waals surface area contributed by atoms with Gasteiger partial charge in [-0.25, -0.2) is 0 Å². The monoisotopic (exact) mass is 349 g/mol. The van der Waals surface area contributed by atoms with Gasteiger partial charge in [-0.3, -0.25) is 4.79 Å². The molecule has 1 aliphatic heterocycles. The standard InChI is InChI=1S/C18H17F2NO2S/c1-11-2-5-13-9-16(24-15(13)8-11)17(22)21-10-12-3-6-14(7-4-12)23-18(19)20/h2-8,16,18H,9-10H2,1H3,(H,21,22). The van der Waals surface area contributed by atoms with Gasteiger partial charge in [-0.2, -0.15) is 8.78 Å². The van der Waals surface area contributed by atoms with E-state index in [9.17, 15) is 13.6 Å². The van der Waals surface area contributed by atoms with Crippen molar-refractivity contribution in [3.63, 3.8) is 0 Å². The van der Waals surface area contributed by atoms with E-state index in [1.165, 1.54) is 28.2 Å². The number of ether oxygens (including phenoxy) is 1. The Hall–Kier alpha value is -2.08. The fourth-order valence-electron chi connectivity index (χ4n) is 2.57. The minimum Gasteiger partial charge on any atom is -0.435 e. The normalized spacial score (nSPS) is 16.1. The van der Waals surface area contributed by atoms with E-state index in [1.807, 2.05) is 6.92 Å². The van der Waals surface area contributed by atoms with Gasteiger partial charge in [0.05, 0.1) is 5.25 Å². The molecule has 0 saturated carbocycles. The van der Waals surface area contributed by atoms with Gasteiger partial charge in [-0.1, -0.05) is 29.8 Å². The number of amides is 1. The molecule has 1 amide bonds. The van der Waals surface area contributed by atoms with Crippen molar-refractivity contribution in [2.75, 3.05) is 0 Å². The van der Waals surface area contributed by atoms with Crippen LogP contribution in [0.15, 0.2) is 47.4 Å². The minimum atomic E-state index is -2.83. The lowest BCUT2D eigenvalue weighted by molar-refractivity contribution is -0.120. The third-order valence-electron chi connectivity index (χ3n) is 3.80. The van der Waals surface area contributed by atoms with E-state index in [0.717, 1.165) is 12.0 Å². The van der Waals surface area contributed by atoms with Gasteiger partial charge in [0.15, 0.2) is 0 Å². The highest BCUT2D eigenvalue weighted by atomic mass is 32.2. The number of rotatable bonds is 5. The summed E-state index contributed by atoms with van der Waals surface area (Å²) in [6.07, 6.45) is 0.729. The molecule has 1 aliphatic rings. The Morgan fingerprint density at radius 2 is 2.04 bits per heavy atom. The Morgan fingerprint density at radius 3 is 2.75 bits per heavy atom. The molecule has 0 aliphatic carbocycles. The van der Waals surface area contributed by atoms with E-state index in [4.69, 9.17) is 0 Å². The van der Waals surface area contributed by atoms with Gasteiger partial charge < -0.3 is 10.1 Å². The number of hydrogen-bond donors (Lipinski definition) is 1. The van der Waals surface area contributed by atoms with Crippen LogP contribution in [0.4, 0.5) is 8.78 Å². The van der Waals surface area contributed by atoms with Crippen molar-refractivity contribution in [1.82, 2.24) is 5.32 Å². The number of carbonyl (C=O) groups is 1. The van der Waals surface area contributed by atoms with Crippen LogP contribution in [-0.2, 0) is 17.8 Å². The van der Waals surface area contributed by atoms with Crippen LogP contribution < -0.4 is 10.1 Å². The summed E-state index contributed by atoms with van der Waals surface area (Å²) in [7, 11) is 0. The highest BCUT2D eigenvalue weighted by Crippen LogP contribution is 2.37. The van der Waals surface area contributed by atoms with E-state index >= 15 is 0 Å². The zero-order valence-corrected chi connectivity index (χ0v) is 13.9. The zero-order valence-electron chi connectivity index (χ0n) is 13.1. The molecule has 3 nitrogen and oxygen atoms in total. The molecule has 2 aromatic rings. The maximum absolute atomic E-state index is 12.3. The van der Waals surface area contributed by atoms with E-state index in [1.54, 1.807) is 23.9 Å². The SMILES string of the molecule is Cc1ccc2c(c1)SC(C(=O)NCc1ccc(OC(F)F)cc1)C2. The fourth-order valence-corrected chi connectivity index (χ4v) is 3.89. The molecule has 0 radical (unpaired) electrons. The molecule has 2 aromatic carbocycles. The second-order valence-electron chi connectivity index (χ2n) is 5.66. The average molecular weight is 349 g/mol. The molecule has 3 rings (SSSR count). The molecule has 0 saturated heterocycles. The van der Waals surface area contributed by atoms with Crippen molar-refractivity contribution in [2.24, 2.45) is 0 Å². The molecule has 0 bridgehead atoms. The smallest absolute Gasteiger partial charge is 0.387 e. The average Bonchev–Trinajstić information content (AvgIpc) is 2.96. The molecule has 1 N–H and O–H groups in total. The first-order valence-corrected chi connectivity index (χ1v) is 8.47. The second-order valence-corrected chi connectivity index (χ2v) is 6.91. The van der Waals surface area contributed by atoms with E-state index < -0.39 is 6.61 Å². The van der Waals surface area contributed by atoms with Crippen LogP contribution in [0, 0.1) is 6.92 Å². The quantitative estimate of drug-likeness (QED) is 0.889. The lowest BCUT2D eigenvalue weighted by Gasteiger charge is -2.10. The maximum Gasteiger partial charge on any atom is 0.387 e. The van der Waals surface area contributed by atoms with Gasteiger partial charge in [-0.15, -0.1) is 11.8 Å². The molecular weight excluding hydrogens is 332 g/mol. The highest BCUT2D eigenvalue weighted by Gasteiger charge is 2.28. The number of fused-ring (bicyclic) bond motifs is 1. The first kappa shape index (κ1) is 16.8. The van der Waals surface area contributed by atoms with Crippen LogP contribution in [0.25, 0.3) is 0 Å². The highest BCUT2D eigenvalue weighted by molar-refractivity contribution is 8.01. The van der Waals surface area contributed by atoms with Crippen molar-refractivity contribution in [2.45, 2.75) is 36.6 Å². The predicted octanol–water partition coefficient (Wildman–Crippen LogP) is 3.93. The fraction of sp³-hybridized carbons (Fsp3) is 0.278. The number of alkyl halides is 2. The molecule has 1 unspecified atom stereocenters. The number of carbonyl (C=O) groups excluding carboxylic acids is 1. The van der Waals surface area contributed by atoms with Crippen LogP contribution in [0.5, 0.6) is 5.75 Å². The molecular formula is C18H17F2NO2S. The Morgan fingerprint density at radius 1 is 1.29 bits per heavy atom. The number of benzene rings is 2. The van der Waals surface area contributed by atoms with Gasteiger partial charge in [0, 0.05) is 11.4 Å². The van der Waals surface area contributed by atoms with E-state index in [2.05, 4.69) is 28.3 Å². The molecule has 0 aromatic heterocycles. The summed E-state index contributed by atoms with van der Waals surface area (Å²) in [6.45, 7) is -0.434. The number of nitrogens with one attached hydrogen (secondary N) is 1. The van der Waals surface area contributed by atoms with Gasteiger partial charge in [0.1, 0.15) is 5.75 Å². The summed E-state index contributed by atoms with van der Waals surface area (Å²) in [5.74, 6) is 0.0963. The second kappa shape index (κ2) is 7.21. The van der Waals surface area contributed by atoms with Crippen molar-refractivity contribution < 1.29 is 18.3 Å². The van der Waals surface area contributed by atoms with Crippen molar-refractivity contribution in [3.05, 3.63) is 59.2 Å². The molecule has 126 valence electrons. The van der Waals surface area contributed by atoms with Crippen LogP contribution >= 0.6 is 11.8 Å². The molecule has 0 spiro atoms. The molecule has 0 fully saturated rings. The van der Waals surface area contributed by atoms with Crippen molar-refractivity contribution >= 4 is 17.7 Å². The lowest BCUT2D eigenvalue weighted by Crippen LogP contribution is -2.31. The van der Waals surface area contributed by atoms with Gasteiger partial charge in [-0.05, 0) is 42.7 Å². The molecule has 1 heterocycles. The molecule has 1 atom stereocenters. The van der Waals surface area contributed by atoms with Crippen molar-refractivity contribution in [1.29, 1.82) is 0 Å². The topological polar surface area (TPSA) is 38.3 Å². The molecule has 24 heavy (non-hydrogen) atoms. The third kappa shape index (κ3) is 4.06. The Kier molecular flexibility index (Phi) is 5.04. The Bertz CT molecular complexity index is 734. The van der Waals surface area contributed by atoms with Crippen molar-refractivity contribution in [3.8, 4) is 5.75 Å². The summed E-state index contributed by atoms with van der Waals surface area (Å²) in [6, 6.07) is 12.5. The number of hydrogen-bond acceptors (Lipinski definition) is 3. The van der Waals surface area contributed by atoms with Crippen LogP contribution in [-0.4, -0.2) is 17.8 Å². The first-order valence-electron chi connectivity index (χ1n) is 7.59. The predicted molar refractivity (Wildman–Crippen MR) is 89.4 cm³/mol. The lowest BCUT2D eigenvalue weighted by atomic mass is 10.1. The van der Waals surface area contributed by atoms with Gasteiger partial charge in [0.25, 0.3) is 0 Å². The number of halogens is 2. The minimum absolute atomic E-state index is 0.0123.